The van der Waals surface area contributed by atoms with E-state index in [1.54, 1.807) is 6.92 Å². The van der Waals surface area contributed by atoms with E-state index in [1.807, 2.05) is 0 Å². The Morgan fingerprint density at radius 3 is 2.28 bits per heavy atom. The summed E-state index contributed by atoms with van der Waals surface area (Å²) in [5, 5.41) is 9.68. The van der Waals surface area contributed by atoms with Gasteiger partial charge in [-0.1, -0.05) is 30.7 Å². The molecular formula is C18H15ClF4O2. The second-order valence-corrected chi connectivity index (χ2v) is 6.17. The third-order valence-corrected chi connectivity index (χ3v) is 4.42. The summed E-state index contributed by atoms with van der Waals surface area (Å²) in [6.45, 7) is 2.43. The van der Waals surface area contributed by atoms with Crippen LogP contribution in [0.5, 0.6) is 0 Å². The third kappa shape index (κ3) is 3.55. The van der Waals surface area contributed by atoms with Gasteiger partial charge in [0.1, 0.15) is 5.82 Å². The van der Waals surface area contributed by atoms with Gasteiger partial charge in [-0.15, -0.1) is 0 Å². The first kappa shape index (κ1) is 19.4. The maximum absolute atomic E-state index is 13.9. The van der Waals surface area contributed by atoms with E-state index in [0.29, 0.717) is 36.3 Å². The number of aryl methyl sites for hydroxylation is 1. The molecule has 134 valence electrons. The molecule has 0 saturated carbocycles. The molecule has 2 aromatic rings. The first-order valence-corrected chi connectivity index (χ1v) is 7.77. The summed E-state index contributed by atoms with van der Waals surface area (Å²) in [6.07, 6.45) is -4.01. The van der Waals surface area contributed by atoms with E-state index in [2.05, 4.69) is 0 Å². The molecule has 0 aliphatic heterocycles. The predicted octanol–water partition coefficient (Wildman–Crippen LogP) is 5.29. The van der Waals surface area contributed by atoms with Crippen LogP contribution in [0.2, 0.25) is 5.02 Å². The first-order chi connectivity index (χ1) is 11.5. The molecule has 0 amide bonds. The van der Waals surface area contributed by atoms with Crippen molar-refractivity contribution in [1.29, 1.82) is 0 Å². The van der Waals surface area contributed by atoms with Crippen molar-refractivity contribution in [3.05, 3.63) is 57.9 Å². The van der Waals surface area contributed by atoms with Gasteiger partial charge in [0.05, 0.1) is 5.56 Å². The number of aldehydes is 1. The van der Waals surface area contributed by atoms with Gasteiger partial charge in [-0.3, -0.25) is 4.79 Å². The highest BCUT2D eigenvalue weighted by molar-refractivity contribution is 6.33. The lowest BCUT2D eigenvalue weighted by molar-refractivity contribution is -0.258. The largest absolute Gasteiger partial charge is 0.421 e. The fourth-order valence-corrected chi connectivity index (χ4v) is 2.75. The number of halogens is 5. The molecule has 1 N–H and O–H groups in total. The average Bonchev–Trinajstić information content (AvgIpc) is 2.53. The zero-order chi connectivity index (χ0) is 19.0. The normalized spacial score (nSPS) is 14.2. The summed E-state index contributed by atoms with van der Waals surface area (Å²) in [4.78, 5) is 10.9. The molecule has 2 aromatic carbocycles. The van der Waals surface area contributed by atoms with Crippen molar-refractivity contribution in [2.75, 3.05) is 0 Å². The molecule has 0 fully saturated rings. The summed E-state index contributed by atoms with van der Waals surface area (Å²) in [5.41, 5.74) is -2.26. The Balaban J connectivity index is 2.60. The molecule has 2 nitrogen and oxygen atoms in total. The molecule has 0 bridgehead atoms. The summed E-state index contributed by atoms with van der Waals surface area (Å²) in [5.74, 6) is -0.746. The number of alkyl halides is 3. The van der Waals surface area contributed by atoms with Gasteiger partial charge in [0, 0.05) is 10.6 Å². The van der Waals surface area contributed by atoms with Gasteiger partial charge in [0.2, 0.25) is 0 Å². The SMILES string of the molecule is CCc1cc(C=O)c(F)cc1-c1ccc(C(C)(O)C(F)(F)F)cc1Cl. The maximum Gasteiger partial charge on any atom is 0.421 e. The van der Waals surface area contributed by atoms with Gasteiger partial charge in [-0.2, -0.15) is 13.2 Å². The predicted molar refractivity (Wildman–Crippen MR) is 87.2 cm³/mol. The zero-order valence-electron chi connectivity index (χ0n) is 13.4. The monoisotopic (exact) mass is 374 g/mol. The molecule has 7 heteroatoms. The number of carbonyl (C=O) groups is 1. The lowest BCUT2D eigenvalue weighted by atomic mass is 9.91. The highest BCUT2D eigenvalue weighted by atomic mass is 35.5. The van der Waals surface area contributed by atoms with Gasteiger partial charge >= 0.3 is 6.18 Å². The molecule has 0 spiro atoms. The van der Waals surface area contributed by atoms with Gasteiger partial charge in [0.25, 0.3) is 0 Å². The van der Waals surface area contributed by atoms with Crippen molar-refractivity contribution >= 4 is 17.9 Å². The molecule has 0 saturated heterocycles. The van der Waals surface area contributed by atoms with Crippen LogP contribution >= 0.6 is 11.6 Å². The topological polar surface area (TPSA) is 37.3 Å². The van der Waals surface area contributed by atoms with Crippen LogP contribution in [0.4, 0.5) is 17.6 Å². The lowest BCUT2D eigenvalue weighted by Crippen LogP contribution is -2.39. The molecule has 2 rings (SSSR count). The van der Waals surface area contributed by atoms with Crippen molar-refractivity contribution in [3.8, 4) is 11.1 Å². The highest BCUT2D eigenvalue weighted by Gasteiger charge is 2.51. The Labute approximate surface area is 147 Å². The van der Waals surface area contributed by atoms with E-state index in [1.165, 1.54) is 12.1 Å². The van der Waals surface area contributed by atoms with Crippen molar-refractivity contribution < 1.29 is 27.5 Å². The summed E-state index contributed by atoms with van der Waals surface area (Å²) < 4.78 is 52.8. The van der Waals surface area contributed by atoms with Gasteiger partial charge < -0.3 is 5.11 Å². The van der Waals surface area contributed by atoms with Crippen LogP contribution in [0.25, 0.3) is 11.1 Å². The molecule has 0 aromatic heterocycles. The second kappa shape index (κ2) is 6.77. The summed E-state index contributed by atoms with van der Waals surface area (Å²) in [7, 11) is 0. The van der Waals surface area contributed by atoms with Gasteiger partial charge in [-0.05, 0) is 48.2 Å². The Kier molecular flexibility index (Phi) is 5.25. The Morgan fingerprint density at radius 1 is 1.16 bits per heavy atom. The van der Waals surface area contributed by atoms with Crippen LogP contribution in [0, 0.1) is 5.82 Å². The van der Waals surface area contributed by atoms with Crippen LogP contribution in [0.3, 0.4) is 0 Å². The molecule has 1 atom stereocenters. The van der Waals surface area contributed by atoms with Crippen LogP contribution in [-0.4, -0.2) is 17.6 Å². The number of benzene rings is 2. The van der Waals surface area contributed by atoms with E-state index in [4.69, 9.17) is 11.6 Å². The number of hydrogen-bond acceptors (Lipinski definition) is 2. The fraction of sp³-hybridized carbons (Fsp3) is 0.278. The number of rotatable bonds is 4. The highest BCUT2D eigenvalue weighted by Crippen LogP contribution is 2.41. The molecule has 0 radical (unpaired) electrons. The van der Waals surface area contributed by atoms with E-state index < -0.39 is 23.2 Å². The van der Waals surface area contributed by atoms with Crippen molar-refractivity contribution in [2.24, 2.45) is 0 Å². The fourth-order valence-electron chi connectivity index (χ4n) is 2.47. The Morgan fingerprint density at radius 2 is 1.80 bits per heavy atom. The number of hydrogen-bond donors (Lipinski definition) is 1. The van der Waals surface area contributed by atoms with Crippen LogP contribution in [0.15, 0.2) is 30.3 Å². The van der Waals surface area contributed by atoms with E-state index in [-0.39, 0.29) is 10.6 Å². The second-order valence-electron chi connectivity index (χ2n) is 5.77. The molecule has 1 unspecified atom stereocenters. The number of aliphatic hydroxyl groups is 1. The lowest BCUT2D eigenvalue weighted by Gasteiger charge is -2.27. The molecule has 25 heavy (non-hydrogen) atoms. The van der Waals surface area contributed by atoms with E-state index >= 15 is 0 Å². The van der Waals surface area contributed by atoms with Gasteiger partial charge in [-0.25, -0.2) is 4.39 Å². The van der Waals surface area contributed by atoms with E-state index in [0.717, 1.165) is 18.2 Å². The smallest absolute Gasteiger partial charge is 0.376 e. The maximum atomic E-state index is 13.9. The van der Waals surface area contributed by atoms with Crippen LogP contribution in [0.1, 0.15) is 35.3 Å². The standard InChI is InChI=1S/C18H15ClF4O2/c1-3-10-6-11(9-24)16(20)8-14(10)13-5-4-12(7-15(13)19)17(2,25)18(21,22)23/h4-9,25H,3H2,1-2H3. The summed E-state index contributed by atoms with van der Waals surface area (Å²) in [6, 6.07) is 5.92. The molecule has 0 heterocycles. The quantitative estimate of drug-likeness (QED) is 0.583. The van der Waals surface area contributed by atoms with E-state index in [9.17, 15) is 27.5 Å². The van der Waals surface area contributed by atoms with Crippen LogP contribution < -0.4 is 0 Å². The van der Waals surface area contributed by atoms with Crippen molar-refractivity contribution in [2.45, 2.75) is 32.0 Å². The minimum absolute atomic E-state index is 0.0602. The molecule has 0 aliphatic carbocycles. The molecule has 0 aliphatic rings. The average molecular weight is 375 g/mol. The van der Waals surface area contributed by atoms with Crippen molar-refractivity contribution in [1.82, 2.24) is 0 Å². The Hall–Kier alpha value is -1.92. The first-order valence-electron chi connectivity index (χ1n) is 7.40. The van der Waals surface area contributed by atoms with Gasteiger partial charge in [0.15, 0.2) is 11.9 Å². The minimum atomic E-state index is -4.87. The minimum Gasteiger partial charge on any atom is -0.376 e. The zero-order valence-corrected chi connectivity index (χ0v) is 14.2. The third-order valence-electron chi connectivity index (χ3n) is 4.10. The Bertz CT molecular complexity index is 813. The van der Waals surface area contributed by atoms with Crippen molar-refractivity contribution in [3.63, 3.8) is 0 Å². The number of carbonyl (C=O) groups excluding carboxylic acids is 1. The van der Waals surface area contributed by atoms with Crippen LogP contribution in [-0.2, 0) is 12.0 Å². The summed E-state index contributed by atoms with van der Waals surface area (Å²) >= 11 is 6.10. The molecular weight excluding hydrogens is 360 g/mol.